The predicted molar refractivity (Wildman–Crippen MR) is 95.2 cm³/mol. The van der Waals surface area contributed by atoms with Crippen molar-refractivity contribution in [3.63, 3.8) is 0 Å². The van der Waals surface area contributed by atoms with Crippen molar-refractivity contribution < 1.29 is 9.59 Å². The van der Waals surface area contributed by atoms with E-state index in [0.717, 1.165) is 12.0 Å². The molecule has 3 amide bonds. The number of carbonyl (C=O) groups is 2. The van der Waals surface area contributed by atoms with Gasteiger partial charge in [0.15, 0.2) is 0 Å². The second kappa shape index (κ2) is 8.31. The van der Waals surface area contributed by atoms with Gasteiger partial charge in [-0.1, -0.05) is 18.5 Å². The number of nitrogens with zero attached hydrogens (tertiary/aromatic N) is 1. The van der Waals surface area contributed by atoms with E-state index in [2.05, 4.69) is 20.9 Å². The van der Waals surface area contributed by atoms with Gasteiger partial charge in [-0.15, -0.1) is 0 Å². The van der Waals surface area contributed by atoms with Crippen LogP contribution in [0.25, 0.3) is 0 Å². The molecular weight excluding hydrogens is 328 g/mol. The second-order valence-electron chi connectivity index (χ2n) is 5.22. The van der Waals surface area contributed by atoms with Gasteiger partial charge < -0.3 is 16.0 Å². The Morgan fingerprint density at radius 3 is 2.46 bits per heavy atom. The van der Waals surface area contributed by atoms with Crippen LogP contribution in [0.4, 0.5) is 16.2 Å². The standard InChI is InChI=1S/C17H19ClN4O2/c1-3-15(12-6-8-19-9-7-12)21-17(24)22-16-5-4-13(10-14(16)18)20-11(2)23/h4-10,15H,3H2,1-2H3,(H,20,23)(H2,21,22,24)/t15-/m0/s1. The summed E-state index contributed by atoms with van der Waals surface area (Å²) < 4.78 is 0. The number of urea groups is 1. The first-order valence-electron chi connectivity index (χ1n) is 7.54. The Hall–Kier alpha value is -2.60. The molecule has 0 unspecified atom stereocenters. The molecule has 0 aliphatic heterocycles. The molecule has 1 aromatic heterocycles. The molecule has 0 aliphatic rings. The van der Waals surface area contributed by atoms with E-state index < -0.39 is 0 Å². The van der Waals surface area contributed by atoms with Crippen molar-refractivity contribution in [3.8, 4) is 0 Å². The molecule has 0 saturated carbocycles. The molecule has 2 rings (SSSR count). The van der Waals surface area contributed by atoms with Crippen LogP contribution in [0.5, 0.6) is 0 Å². The van der Waals surface area contributed by atoms with Gasteiger partial charge in [0.05, 0.1) is 16.8 Å². The Kier molecular flexibility index (Phi) is 6.14. The summed E-state index contributed by atoms with van der Waals surface area (Å²) in [5, 5.41) is 8.59. The summed E-state index contributed by atoms with van der Waals surface area (Å²) in [6, 6.07) is 8.15. The fourth-order valence-electron chi connectivity index (χ4n) is 2.23. The third-order valence-electron chi connectivity index (χ3n) is 3.36. The van der Waals surface area contributed by atoms with Crippen LogP contribution in [0.15, 0.2) is 42.7 Å². The summed E-state index contributed by atoms with van der Waals surface area (Å²) in [6.07, 6.45) is 4.12. The van der Waals surface area contributed by atoms with E-state index in [-0.39, 0.29) is 18.0 Å². The molecule has 6 nitrogen and oxygen atoms in total. The molecule has 0 radical (unpaired) electrons. The number of pyridine rings is 1. The molecule has 0 aliphatic carbocycles. The van der Waals surface area contributed by atoms with Gasteiger partial charge >= 0.3 is 6.03 Å². The maximum Gasteiger partial charge on any atom is 0.319 e. The lowest BCUT2D eigenvalue weighted by Crippen LogP contribution is -2.32. The van der Waals surface area contributed by atoms with Crippen LogP contribution in [-0.4, -0.2) is 16.9 Å². The Morgan fingerprint density at radius 1 is 1.17 bits per heavy atom. The van der Waals surface area contributed by atoms with Gasteiger partial charge in [-0.25, -0.2) is 4.79 Å². The van der Waals surface area contributed by atoms with Crippen molar-refractivity contribution in [2.75, 3.05) is 10.6 Å². The van der Waals surface area contributed by atoms with E-state index in [9.17, 15) is 9.59 Å². The van der Waals surface area contributed by atoms with Crippen molar-refractivity contribution in [2.45, 2.75) is 26.3 Å². The fraction of sp³-hybridized carbons (Fsp3) is 0.235. The van der Waals surface area contributed by atoms with Crippen LogP contribution in [0.3, 0.4) is 0 Å². The van der Waals surface area contributed by atoms with Crippen LogP contribution >= 0.6 is 11.6 Å². The monoisotopic (exact) mass is 346 g/mol. The SMILES string of the molecule is CC[C@H](NC(=O)Nc1ccc(NC(C)=O)cc1Cl)c1ccncc1. The average molecular weight is 347 g/mol. The van der Waals surface area contributed by atoms with E-state index in [1.165, 1.54) is 6.92 Å². The van der Waals surface area contributed by atoms with Gasteiger partial charge in [0.1, 0.15) is 0 Å². The van der Waals surface area contributed by atoms with Gasteiger partial charge in [0.2, 0.25) is 5.91 Å². The van der Waals surface area contributed by atoms with Gasteiger partial charge in [0, 0.05) is 25.0 Å². The number of carbonyl (C=O) groups excluding carboxylic acids is 2. The smallest absolute Gasteiger partial charge is 0.319 e. The molecule has 0 spiro atoms. The summed E-state index contributed by atoms with van der Waals surface area (Å²) in [4.78, 5) is 27.2. The quantitative estimate of drug-likeness (QED) is 0.766. The predicted octanol–water partition coefficient (Wildman–Crippen LogP) is 3.97. The number of amides is 3. The number of benzene rings is 1. The highest BCUT2D eigenvalue weighted by atomic mass is 35.5. The number of rotatable bonds is 5. The molecule has 2 aromatic rings. The molecule has 126 valence electrons. The first-order chi connectivity index (χ1) is 11.5. The molecule has 0 bridgehead atoms. The summed E-state index contributed by atoms with van der Waals surface area (Å²) in [5.41, 5.74) is 2.02. The van der Waals surface area contributed by atoms with Gasteiger partial charge in [-0.2, -0.15) is 0 Å². The zero-order valence-corrected chi connectivity index (χ0v) is 14.2. The normalized spacial score (nSPS) is 11.5. The molecule has 1 atom stereocenters. The highest BCUT2D eigenvalue weighted by Crippen LogP contribution is 2.26. The lowest BCUT2D eigenvalue weighted by molar-refractivity contribution is -0.114. The van der Waals surface area contributed by atoms with E-state index in [4.69, 9.17) is 11.6 Å². The first kappa shape index (κ1) is 17.7. The topological polar surface area (TPSA) is 83.1 Å². The summed E-state index contributed by atoms with van der Waals surface area (Å²) in [5.74, 6) is -0.187. The molecule has 24 heavy (non-hydrogen) atoms. The maximum atomic E-state index is 12.2. The van der Waals surface area contributed by atoms with E-state index >= 15 is 0 Å². The largest absolute Gasteiger partial charge is 0.331 e. The van der Waals surface area contributed by atoms with Crippen LogP contribution in [0, 0.1) is 0 Å². The van der Waals surface area contributed by atoms with Crippen LogP contribution in [0.1, 0.15) is 31.9 Å². The van der Waals surface area contributed by atoms with Crippen LogP contribution in [0.2, 0.25) is 5.02 Å². The Morgan fingerprint density at radius 2 is 1.88 bits per heavy atom. The number of nitrogens with one attached hydrogen (secondary N) is 3. The van der Waals surface area contributed by atoms with E-state index in [0.29, 0.717) is 16.4 Å². The summed E-state index contributed by atoms with van der Waals surface area (Å²) in [7, 11) is 0. The number of anilines is 2. The van der Waals surface area contributed by atoms with Crippen molar-refractivity contribution in [1.82, 2.24) is 10.3 Å². The minimum Gasteiger partial charge on any atom is -0.331 e. The lowest BCUT2D eigenvalue weighted by Gasteiger charge is -2.18. The highest BCUT2D eigenvalue weighted by molar-refractivity contribution is 6.34. The van der Waals surface area contributed by atoms with Crippen molar-refractivity contribution >= 4 is 34.9 Å². The molecule has 1 heterocycles. The van der Waals surface area contributed by atoms with Gasteiger partial charge in [-0.3, -0.25) is 9.78 Å². The first-order valence-corrected chi connectivity index (χ1v) is 7.92. The molecule has 3 N–H and O–H groups in total. The number of aromatic nitrogens is 1. The highest BCUT2D eigenvalue weighted by Gasteiger charge is 2.13. The van der Waals surface area contributed by atoms with Crippen molar-refractivity contribution in [1.29, 1.82) is 0 Å². The summed E-state index contributed by atoms with van der Waals surface area (Å²) in [6.45, 7) is 3.40. The molecule has 0 fully saturated rings. The maximum absolute atomic E-state index is 12.2. The fourth-order valence-corrected chi connectivity index (χ4v) is 2.46. The molecule has 7 heteroatoms. The third kappa shape index (κ3) is 4.96. The lowest BCUT2D eigenvalue weighted by atomic mass is 10.1. The number of hydrogen-bond acceptors (Lipinski definition) is 3. The second-order valence-corrected chi connectivity index (χ2v) is 5.62. The number of hydrogen-bond donors (Lipinski definition) is 3. The van der Waals surface area contributed by atoms with Crippen molar-refractivity contribution in [2.24, 2.45) is 0 Å². The Balaban J connectivity index is 2.02. The average Bonchev–Trinajstić information content (AvgIpc) is 2.55. The van der Waals surface area contributed by atoms with Gasteiger partial charge in [0.25, 0.3) is 0 Å². The summed E-state index contributed by atoms with van der Waals surface area (Å²) >= 11 is 6.14. The molecular formula is C17H19ClN4O2. The van der Waals surface area contributed by atoms with Crippen LogP contribution < -0.4 is 16.0 Å². The Bertz CT molecular complexity index is 722. The van der Waals surface area contributed by atoms with E-state index in [1.54, 1.807) is 30.6 Å². The third-order valence-corrected chi connectivity index (χ3v) is 3.67. The van der Waals surface area contributed by atoms with Crippen LogP contribution in [-0.2, 0) is 4.79 Å². The van der Waals surface area contributed by atoms with E-state index in [1.807, 2.05) is 19.1 Å². The number of halogens is 1. The Labute approximate surface area is 145 Å². The zero-order chi connectivity index (χ0) is 17.5. The minimum absolute atomic E-state index is 0.120. The minimum atomic E-state index is -0.354. The zero-order valence-electron chi connectivity index (χ0n) is 13.5. The molecule has 1 aromatic carbocycles. The molecule has 0 saturated heterocycles. The van der Waals surface area contributed by atoms with Crippen molar-refractivity contribution in [3.05, 3.63) is 53.3 Å². The van der Waals surface area contributed by atoms with Gasteiger partial charge in [-0.05, 0) is 42.3 Å².